The normalized spacial score (nSPS) is 17.0. The van der Waals surface area contributed by atoms with Gasteiger partial charge in [-0.25, -0.2) is 4.98 Å². The van der Waals surface area contributed by atoms with E-state index < -0.39 is 0 Å². The lowest BCUT2D eigenvalue weighted by Gasteiger charge is -2.26. The van der Waals surface area contributed by atoms with Gasteiger partial charge in [0.1, 0.15) is 22.5 Å². The summed E-state index contributed by atoms with van der Waals surface area (Å²) in [6.45, 7) is 3.94. The van der Waals surface area contributed by atoms with E-state index in [9.17, 15) is 9.90 Å². The Morgan fingerprint density at radius 2 is 2.12 bits per heavy atom. The first-order chi connectivity index (χ1) is 15.6. The zero-order chi connectivity index (χ0) is 22.5. The number of nitrogens with zero attached hydrogens (tertiary/aromatic N) is 1. The number of nitrogens with one attached hydrogen (secondary N) is 1. The van der Waals surface area contributed by atoms with Gasteiger partial charge in [0.15, 0.2) is 0 Å². The molecule has 2 heterocycles. The number of carbonyl (C=O) groups excluding carboxylic acids is 1. The Hall–Kier alpha value is -2.90. The summed E-state index contributed by atoms with van der Waals surface area (Å²) in [5.74, 6) is 1.48. The number of rotatable bonds is 8. The van der Waals surface area contributed by atoms with Gasteiger partial charge in [0.2, 0.25) is 0 Å². The molecular weight excluding hydrogens is 424 g/mol. The van der Waals surface area contributed by atoms with Crippen molar-refractivity contribution >= 4 is 17.2 Å². The molecule has 0 aliphatic carbocycles. The number of hydrogen-bond acceptors (Lipinski definition) is 6. The number of aliphatic hydroxyl groups excluding tert-OH is 1. The van der Waals surface area contributed by atoms with E-state index in [4.69, 9.17) is 9.47 Å². The second-order valence-electron chi connectivity index (χ2n) is 8.07. The van der Waals surface area contributed by atoms with Crippen LogP contribution in [0.4, 0.5) is 0 Å². The van der Waals surface area contributed by atoms with Crippen LogP contribution in [0.5, 0.6) is 16.7 Å². The molecule has 1 aliphatic heterocycles. The number of aliphatic hydroxyl groups is 1. The van der Waals surface area contributed by atoms with E-state index in [1.54, 1.807) is 0 Å². The van der Waals surface area contributed by atoms with Gasteiger partial charge in [0.25, 0.3) is 11.1 Å². The third-order valence-corrected chi connectivity index (χ3v) is 6.78. The highest BCUT2D eigenvalue weighted by atomic mass is 32.1. The summed E-state index contributed by atoms with van der Waals surface area (Å²) in [7, 11) is 0. The van der Waals surface area contributed by atoms with E-state index in [2.05, 4.69) is 22.4 Å². The monoisotopic (exact) mass is 452 g/mol. The van der Waals surface area contributed by atoms with Gasteiger partial charge >= 0.3 is 0 Å². The molecule has 168 valence electrons. The number of benzene rings is 2. The second-order valence-corrected chi connectivity index (χ2v) is 9.06. The van der Waals surface area contributed by atoms with Crippen LogP contribution in [0.1, 0.15) is 53.6 Å². The minimum absolute atomic E-state index is 0.0636. The Morgan fingerprint density at radius 3 is 2.88 bits per heavy atom. The van der Waals surface area contributed by atoms with Crippen LogP contribution in [-0.4, -0.2) is 28.6 Å². The molecule has 6 nitrogen and oxygen atoms in total. The molecule has 4 rings (SSSR count). The first-order valence-electron chi connectivity index (χ1n) is 11.0. The van der Waals surface area contributed by atoms with Crippen LogP contribution >= 0.6 is 11.3 Å². The van der Waals surface area contributed by atoms with Crippen molar-refractivity contribution in [3.8, 4) is 16.7 Å². The molecule has 0 unspecified atom stereocenters. The lowest BCUT2D eigenvalue weighted by molar-refractivity contribution is 0.0895. The van der Waals surface area contributed by atoms with E-state index in [-0.39, 0.29) is 30.6 Å². The summed E-state index contributed by atoms with van der Waals surface area (Å²) in [5.41, 5.74) is 2.28. The predicted molar refractivity (Wildman–Crippen MR) is 125 cm³/mol. The van der Waals surface area contributed by atoms with E-state index in [0.717, 1.165) is 30.6 Å². The zero-order valence-electron chi connectivity index (χ0n) is 18.3. The lowest BCUT2D eigenvalue weighted by atomic mass is 9.97. The summed E-state index contributed by atoms with van der Waals surface area (Å²) in [6, 6.07) is 15.7. The number of thiazole rings is 1. The van der Waals surface area contributed by atoms with Gasteiger partial charge in [-0.3, -0.25) is 4.79 Å². The Bertz CT molecular complexity index is 1050. The molecule has 1 aromatic heterocycles. The minimum atomic E-state index is -0.278. The van der Waals surface area contributed by atoms with Gasteiger partial charge in [-0.05, 0) is 48.1 Å². The molecule has 2 N–H and O–H groups in total. The van der Waals surface area contributed by atoms with Crippen molar-refractivity contribution in [2.75, 3.05) is 6.61 Å². The first-order valence-corrected chi connectivity index (χ1v) is 11.8. The molecule has 2 aromatic carbocycles. The van der Waals surface area contributed by atoms with Crippen LogP contribution in [0.2, 0.25) is 0 Å². The van der Waals surface area contributed by atoms with Crippen molar-refractivity contribution in [2.24, 2.45) is 5.92 Å². The lowest BCUT2D eigenvalue weighted by Crippen LogP contribution is -2.41. The predicted octanol–water partition coefficient (Wildman–Crippen LogP) is 5.14. The smallest absolute Gasteiger partial charge is 0.279 e. The van der Waals surface area contributed by atoms with E-state index in [1.807, 2.05) is 50.2 Å². The number of carbonyl (C=O) groups is 1. The van der Waals surface area contributed by atoms with Gasteiger partial charge in [0.05, 0.1) is 18.8 Å². The number of aryl methyl sites for hydroxylation is 1. The Balaban J connectivity index is 1.40. The fourth-order valence-electron chi connectivity index (χ4n) is 3.73. The van der Waals surface area contributed by atoms with Crippen molar-refractivity contribution in [3.05, 3.63) is 70.7 Å². The van der Waals surface area contributed by atoms with Crippen molar-refractivity contribution in [1.29, 1.82) is 0 Å². The molecule has 0 spiro atoms. The number of aromatic nitrogens is 1. The van der Waals surface area contributed by atoms with Gasteiger partial charge < -0.3 is 19.9 Å². The van der Waals surface area contributed by atoms with Crippen molar-refractivity contribution in [3.63, 3.8) is 0 Å². The molecule has 7 heteroatoms. The van der Waals surface area contributed by atoms with Gasteiger partial charge in [-0.1, -0.05) is 61.9 Å². The van der Waals surface area contributed by atoms with E-state index >= 15 is 0 Å². The molecule has 0 fully saturated rings. The quantitative estimate of drug-likeness (QED) is 0.495. The fraction of sp³-hybridized carbons (Fsp3) is 0.360. The zero-order valence-corrected chi connectivity index (χ0v) is 19.1. The molecular formula is C25H28N2O4S. The topological polar surface area (TPSA) is 80.7 Å². The molecule has 1 aliphatic rings. The highest BCUT2D eigenvalue weighted by molar-refractivity contribution is 7.15. The SMILES string of the molecule is CC[C@@H](C)[C@H](CO)NC(=O)c1cnc(Oc2ccc3c(c2)CC[C@@H](c2ccccc2)O3)s1. The van der Waals surface area contributed by atoms with Crippen LogP contribution in [0.15, 0.2) is 54.7 Å². The molecule has 1 amide bonds. The molecule has 3 atom stereocenters. The highest BCUT2D eigenvalue weighted by Gasteiger charge is 2.23. The Morgan fingerprint density at radius 1 is 1.31 bits per heavy atom. The van der Waals surface area contributed by atoms with Gasteiger partial charge in [0, 0.05) is 0 Å². The van der Waals surface area contributed by atoms with E-state index in [1.165, 1.54) is 23.1 Å². The standard InChI is InChI=1S/C25H28N2O4S/c1-3-16(2)20(15-28)27-24(29)23-14-26-25(32-23)30-19-10-12-22-18(13-19)9-11-21(31-22)17-7-5-4-6-8-17/h4-8,10,12-14,16,20-21,28H,3,9,11,15H2,1-2H3,(H,27,29)/t16-,20+,21+/m1/s1. The molecule has 32 heavy (non-hydrogen) atoms. The average molecular weight is 453 g/mol. The Labute approximate surface area is 192 Å². The summed E-state index contributed by atoms with van der Waals surface area (Å²) in [5, 5.41) is 12.8. The molecule has 3 aromatic rings. The van der Waals surface area contributed by atoms with Crippen LogP contribution < -0.4 is 14.8 Å². The highest BCUT2D eigenvalue weighted by Crippen LogP contribution is 2.38. The first kappa shape index (κ1) is 22.3. The maximum Gasteiger partial charge on any atom is 0.279 e. The number of amides is 1. The Kier molecular flexibility index (Phi) is 7.07. The summed E-state index contributed by atoms with van der Waals surface area (Å²) < 4.78 is 12.1. The number of hydrogen-bond donors (Lipinski definition) is 2. The third kappa shape index (κ3) is 5.11. The molecule has 0 radical (unpaired) electrons. The average Bonchev–Trinajstić information content (AvgIpc) is 3.30. The number of ether oxygens (including phenoxy) is 2. The summed E-state index contributed by atoms with van der Waals surface area (Å²) in [4.78, 5) is 17.2. The minimum Gasteiger partial charge on any atom is -0.485 e. The maximum atomic E-state index is 12.5. The summed E-state index contributed by atoms with van der Waals surface area (Å²) >= 11 is 1.18. The van der Waals surface area contributed by atoms with Gasteiger partial charge in [-0.2, -0.15) is 0 Å². The fourth-order valence-corrected chi connectivity index (χ4v) is 4.42. The molecule has 0 saturated heterocycles. The van der Waals surface area contributed by atoms with Crippen LogP contribution in [0.25, 0.3) is 0 Å². The summed E-state index contributed by atoms with van der Waals surface area (Å²) in [6.07, 6.45) is 4.25. The van der Waals surface area contributed by atoms with Crippen molar-refractivity contribution in [1.82, 2.24) is 10.3 Å². The van der Waals surface area contributed by atoms with Crippen LogP contribution in [-0.2, 0) is 6.42 Å². The van der Waals surface area contributed by atoms with Crippen LogP contribution in [0, 0.1) is 5.92 Å². The molecule has 0 saturated carbocycles. The second kappa shape index (κ2) is 10.1. The maximum absolute atomic E-state index is 12.5. The number of fused-ring (bicyclic) bond motifs is 1. The van der Waals surface area contributed by atoms with Crippen molar-refractivity contribution in [2.45, 2.75) is 45.3 Å². The van der Waals surface area contributed by atoms with Gasteiger partial charge in [-0.15, -0.1) is 0 Å². The van der Waals surface area contributed by atoms with E-state index in [0.29, 0.717) is 15.8 Å². The van der Waals surface area contributed by atoms with Crippen molar-refractivity contribution < 1.29 is 19.4 Å². The third-order valence-electron chi connectivity index (χ3n) is 5.91. The largest absolute Gasteiger partial charge is 0.485 e. The van der Waals surface area contributed by atoms with Crippen LogP contribution in [0.3, 0.4) is 0 Å². The molecule has 0 bridgehead atoms.